The Balaban J connectivity index is 1.49. The number of aromatic nitrogens is 2. The highest BCUT2D eigenvalue weighted by Gasteiger charge is 2.45. The minimum absolute atomic E-state index is 0.0233. The highest BCUT2D eigenvalue weighted by molar-refractivity contribution is 5.77. The molecule has 2 aliphatic heterocycles. The van der Waals surface area contributed by atoms with Crippen LogP contribution in [0.25, 0.3) is 0 Å². The number of fused-ring (bicyclic) bond motifs is 2. The summed E-state index contributed by atoms with van der Waals surface area (Å²) in [5.41, 5.74) is 1.73. The van der Waals surface area contributed by atoms with Gasteiger partial charge in [-0.2, -0.15) is 0 Å². The van der Waals surface area contributed by atoms with Gasteiger partial charge in [-0.05, 0) is 52.1 Å². The highest BCUT2D eigenvalue weighted by Crippen LogP contribution is 2.44. The molecule has 28 heavy (non-hydrogen) atoms. The molecule has 1 spiro atoms. The number of rotatable bonds is 2. The van der Waals surface area contributed by atoms with E-state index in [0.29, 0.717) is 18.4 Å². The number of likely N-dealkylation sites (tertiary alicyclic amines) is 2. The van der Waals surface area contributed by atoms with Crippen molar-refractivity contribution in [2.75, 3.05) is 26.7 Å². The fourth-order valence-corrected chi connectivity index (χ4v) is 5.25. The molecule has 1 unspecified atom stereocenters. The van der Waals surface area contributed by atoms with Gasteiger partial charge in [0.15, 0.2) is 0 Å². The molecule has 0 saturated carbocycles. The molecule has 1 atom stereocenters. The van der Waals surface area contributed by atoms with Crippen LogP contribution in [0, 0.1) is 0 Å². The number of hydrogen-bond acceptors (Lipinski definition) is 4. The number of aromatic amines is 1. The molecule has 0 bridgehead atoms. The SMILES string of the molecule is CN1CCCC1CC(=O)N1CCC2(CCc3c2nc(C(C)(C)C)[nH]c3=O)CC1. The third-order valence-electron chi connectivity index (χ3n) is 7.24. The molecule has 1 amide bonds. The van der Waals surface area contributed by atoms with E-state index in [9.17, 15) is 9.59 Å². The summed E-state index contributed by atoms with van der Waals surface area (Å²) in [6, 6.07) is 0.408. The summed E-state index contributed by atoms with van der Waals surface area (Å²) in [6.45, 7) is 8.93. The van der Waals surface area contributed by atoms with Crippen LogP contribution in [-0.4, -0.2) is 58.4 Å². The van der Waals surface area contributed by atoms with Crippen molar-refractivity contribution in [3.8, 4) is 0 Å². The second kappa shape index (κ2) is 6.97. The van der Waals surface area contributed by atoms with Crippen LogP contribution in [0.3, 0.4) is 0 Å². The van der Waals surface area contributed by atoms with Crippen molar-refractivity contribution in [3.05, 3.63) is 27.4 Å². The monoisotopic (exact) mass is 386 g/mol. The smallest absolute Gasteiger partial charge is 0.254 e. The summed E-state index contributed by atoms with van der Waals surface area (Å²) in [6.07, 6.45) is 6.62. The first-order chi connectivity index (χ1) is 13.2. The van der Waals surface area contributed by atoms with Crippen LogP contribution in [0.15, 0.2) is 4.79 Å². The van der Waals surface area contributed by atoms with Gasteiger partial charge in [-0.3, -0.25) is 9.59 Å². The number of amides is 1. The number of carbonyl (C=O) groups is 1. The van der Waals surface area contributed by atoms with E-state index in [2.05, 4.69) is 37.7 Å². The summed E-state index contributed by atoms with van der Waals surface area (Å²) in [4.78, 5) is 37.8. The third kappa shape index (κ3) is 3.40. The number of H-pyrrole nitrogens is 1. The lowest BCUT2D eigenvalue weighted by atomic mass is 9.76. The van der Waals surface area contributed by atoms with Gasteiger partial charge < -0.3 is 14.8 Å². The van der Waals surface area contributed by atoms with Crippen molar-refractivity contribution in [2.45, 2.75) is 82.6 Å². The third-order valence-corrected chi connectivity index (χ3v) is 7.24. The molecule has 0 aromatic carbocycles. The zero-order valence-corrected chi connectivity index (χ0v) is 17.8. The van der Waals surface area contributed by atoms with Crippen molar-refractivity contribution in [1.29, 1.82) is 0 Å². The second-order valence-corrected chi connectivity index (χ2v) is 10.1. The first kappa shape index (κ1) is 19.6. The fraction of sp³-hybridized carbons (Fsp3) is 0.773. The summed E-state index contributed by atoms with van der Waals surface area (Å²) >= 11 is 0. The lowest BCUT2D eigenvalue weighted by molar-refractivity contribution is -0.133. The molecule has 6 heteroatoms. The van der Waals surface area contributed by atoms with Gasteiger partial charge in [-0.15, -0.1) is 0 Å². The van der Waals surface area contributed by atoms with Gasteiger partial charge in [0.05, 0.1) is 5.69 Å². The van der Waals surface area contributed by atoms with E-state index in [1.54, 1.807) is 0 Å². The van der Waals surface area contributed by atoms with Crippen LogP contribution >= 0.6 is 0 Å². The Morgan fingerprint density at radius 1 is 1.21 bits per heavy atom. The Kier molecular flexibility index (Phi) is 4.89. The number of hydrogen-bond donors (Lipinski definition) is 1. The second-order valence-electron chi connectivity index (χ2n) is 10.1. The first-order valence-corrected chi connectivity index (χ1v) is 10.8. The number of carbonyl (C=O) groups excluding carboxylic acids is 1. The van der Waals surface area contributed by atoms with E-state index in [1.165, 1.54) is 6.42 Å². The Bertz CT molecular complexity index is 815. The van der Waals surface area contributed by atoms with Gasteiger partial charge >= 0.3 is 0 Å². The fourth-order valence-electron chi connectivity index (χ4n) is 5.25. The maximum atomic E-state index is 12.8. The molecular weight excluding hydrogens is 352 g/mol. The first-order valence-electron chi connectivity index (χ1n) is 10.8. The molecule has 2 fully saturated rings. The van der Waals surface area contributed by atoms with Crippen LogP contribution < -0.4 is 5.56 Å². The van der Waals surface area contributed by atoms with Crippen LogP contribution in [0.1, 0.15) is 76.4 Å². The maximum absolute atomic E-state index is 12.8. The summed E-state index contributed by atoms with van der Waals surface area (Å²) in [5.74, 6) is 1.07. The molecule has 3 aliphatic rings. The van der Waals surface area contributed by atoms with Crippen molar-refractivity contribution in [1.82, 2.24) is 19.8 Å². The number of nitrogens with zero attached hydrogens (tertiary/aromatic N) is 3. The van der Waals surface area contributed by atoms with E-state index in [1.807, 2.05) is 4.90 Å². The zero-order chi connectivity index (χ0) is 20.1. The highest BCUT2D eigenvalue weighted by atomic mass is 16.2. The maximum Gasteiger partial charge on any atom is 0.254 e. The van der Waals surface area contributed by atoms with Gasteiger partial charge in [-0.25, -0.2) is 4.98 Å². The molecule has 2 saturated heterocycles. The Labute approximate surface area is 167 Å². The predicted molar refractivity (Wildman–Crippen MR) is 110 cm³/mol. The lowest BCUT2D eigenvalue weighted by Crippen LogP contribution is -2.46. The minimum Gasteiger partial charge on any atom is -0.343 e. The van der Waals surface area contributed by atoms with Crippen molar-refractivity contribution >= 4 is 5.91 Å². The lowest BCUT2D eigenvalue weighted by Gasteiger charge is -2.40. The molecule has 3 heterocycles. The van der Waals surface area contributed by atoms with Crippen molar-refractivity contribution in [3.63, 3.8) is 0 Å². The average molecular weight is 387 g/mol. The molecule has 1 aromatic heterocycles. The van der Waals surface area contributed by atoms with Crippen LogP contribution in [0.2, 0.25) is 0 Å². The Hall–Kier alpha value is -1.69. The normalized spacial score (nSPS) is 24.7. The molecule has 154 valence electrons. The zero-order valence-electron chi connectivity index (χ0n) is 17.8. The van der Waals surface area contributed by atoms with Crippen LogP contribution in [0.5, 0.6) is 0 Å². The van der Waals surface area contributed by atoms with Crippen molar-refractivity contribution < 1.29 is 4.79 Å². The summed E-state index contributed by atoms with van der Waals surface area (Å²) in [5, 5.41) is 0. The topological polar surface area (TPSA) is 69.3 Å². The molecule has 1 N–H and O–H groups in total. The average Bonchev–Trinajstić information content (AvgIpc) is 3.20. The molecule has 6 nitrogen and oxygen atoms in total. The van der Waals surface area contributed by atoms with Gasteiger partial charge in [0, 0.05) is 41.9 Å². The van der Waals surface area contributed by atoms with E-state index in [-0.39, 0.29) is 16.4 Å². The largest absolute Gasteiger partial charge is 0.343 e. The number of nitrogens with one attached hydrogen (secondary N) is 1. The molecule has 1 aliphatic carbocycles. The minimum atomic E-state index is -0.179. The van der Waals surface area contributed by atoms with Gasteiger partial charge in [0.1, 0.15) is 5.82 Å². The quantitative estimate of drug-likeness (QED) is 0.847. The Morgan fingerprint density at radius 3 is 2.54 bits per heavy atom. The molecule has 0 radical (unpaired) electrons. The molecule has 1 aromatic rings. The summed E-state index contributed by atoms with van der Waals surface area (Å²) < 4.78 is 0. The van der Waals surface area contributed by atoms with E-state index in [4.69, 9.17) is 4.98 Å². The van der Waals surface area contributed by atoms with Crippen molar-refractivity contribution in [2.24, 2.45) is 0 Å². The van der Waals surface area contributed by atoms with E-state index < -0.39 is 0 Å². The predicted octanol–water partition coefficient (Wildman–Crippen LogP) is 2.36. The standard InChI is InChI=1S/C22H34N4O2/c1-21(2,3)20-23-18-16(19(28)24-20)7-8-22(18)9-12-26(13-10-22)17(27)14-15-6-5-11-25(15)4/h15H,5-14H2,1-4H3,(H,23,24,28). The van der Waals surface area contributed by atoms with Gasteiger partial charge in [0.25, 0.3) is 5.56 Å². The molecule has 4 rings (SSSR count). The van der Waals surface area contributed by atoms with Gasteiger partial charge in [-0.1, -0.05) is 20.8 Å². The molecular formula is C22H34N4O2. The van der Waals surface area contributed by atoms with E-state index >= 15 is 0 Å². The van der Waals surface area contributed by atoms with Gasteiger partial charge in [0.2, 0.25) is 5.91 Å². The Morgan fingerprint density at radius 2 is 1.93 bits per heavy atom. The van der Waals surface area contributed by atoms with Crippen LogP contribution in [0.4, 0.5) is 0 Å². The van der Waals surface area contributed by atoms with Crippen LogP contribution in [-0.2, 0) is 22.0 Å². The summed E-state index contributed by atoms with van der Waals surface area (Å²) in [7, 11) is 2.13. The number of piperidine rings is 1. The van der Waals surface area contributed by atoms with E-state index in [0.717, 1.165) is 68.8 Å².